The average molecular weight is 364 g/mol. The molecule has 0 bridgehead atoms. The molecule has 0 radical (unpaired) electrons. The standard InChI is InChI=1S/C18H18ClNO3S/c1-12(24-11-13-6-4-3-5-7-13)17(21)20-16-10-14(18(22)23-2)8-9-15(16)19/h3-10,12H,11H2,1-2H3,(H,20,21)/t12-/m1/s1. The molecule has 0 heterocycles. The number of methoxy groups -OCH3 is 1. The molecule has 1 atom stereocenters. The van der Waals surface area contributed by atoms with Gasteiger partial charge in [0.1, 0.15) is 0 Å². The lowest BCUT2D eigenvalue weighted by Crippen LogP contribution is -2.23. The second-order valence-corrected chi connectivity index (χ2v) is 6.85. The summed E-state index contributed by atoms with van der Waals surface area (Å²) in [4.78, 5) is 23.9. The van der Waals surface area contributed by atoms with Crippen molar-refractivity contribution in [2.75, 3.05) is 12.4 Å². The summed E-state index contributed by atoms with van der Waals surface area (Å²) in [5.74, 6) is 0.0965. The van der Waals surface area contributed by atoms with Crippen LogP contribution in [0.2, 0.25) is 5.02 Å². The molecule has 0 saturated carbocycles. The first-order valence-corrected chi connectivity index (χ1v) is 8.78. The molecule has 2 rings (SSSR count). The second kappa shape index (κ2) is 8.76. The number of rotatable bonds is 6. The molecule has 0 saturated heterocycles. The van der Waals surface area contributed by atoms with Gasteiger partial charge in [-0.25, -0.2) is 4.79 Å². The molecule has 1 N–H and O–H groups in total. The first-order valence-electron chi connectivity index (χ1n) is 7.35. The van der Waals surface area contributed by atoms with Crippen molar-refractivity contribution in [1.82, 2.24) is 0 Å². The maximum absolute atomic E-state index is 12.3. The highest BCUT2D eigenvalue weighted by Crippen LogP contribution is 2.25. The van der Waals surface area contributed by atoms with Crippen molar-refractivity contribution in [1.29, 1.82) is 0 Å². The molecule has 0 unspecified atom stereocenters. The Morgan fingerprint density at radius 3 is 2.58 bits per heavy atom. The summed E-state index contributed by atoms with van der Waals surface area (Å²) < 4.78 is 4.67. The van der Waals surface area contributed by atoms with Crippen LogP contribution in [0.4, 0.5) is 5.69 Å². The number of anilines is 1. The van der Waals surface area contributed by atoms with Gasteiger partial charge in [0.2, 0.25) is 5.91 Å². The Morgan fingerprint density at radius 2 is 1.92 bits per heavy atom. The molecule has 0 aliphatic carbocycles. The van der Waals surface area contributed by atoms with Crippen molar-refractivity contribution in [3.8, 4) is 0 Å². The van der Waals surface area contributed by atoms with Gasteiger partial charge < -0.3 is 10.1 Å². The Labute approximate surface area is 150 Å². The van der Waals surface area contributed by atoms with Gasteiger partial charge in [-0.3, -0.25) is 4.79 Å². The van der Waals surface area contributed by atoms with Crippen molar-refractivity contribution >= 4 is 40.9 Å². The molecule has 24 heavy (non-hydrogen) atoms. The molecule has 0 aromatic heterocycles. The number of hydrogen-bond acceptors (Lipinski definition) is 4. The van der Waals surface area contributed by atoms with Crippen LogP contribution in [-0.4, -0.2) is 24.2 Å². The van der Waals surface area contributed by atoms with E-state index in [0.29, 0.717) is 16.3 Å². The topological polar surface area (TPSA) is 55.4 Å². The van der Waals surface area contributed by atoms with Crippen LogP contribution in [0.15, 0.2) is 48.5 Å². The molecule has 0 aliphatic heterocycles. The Bertz CT molecular complexity index is 721. The fraction of sp³-hybridized carbons (Fsp3) is 0.222. The zero-order valence-electron chi connectivity index (χ0n) is 13.4. The van der Waals surface area contributed by atoms with Crippen LogP contribution in [0.5, 0.6) is 0 Å². The number of benzene rings is 2. The molecule has 4 nitrogen and oxygen atoms in total. The molecule has 0 fully saturated rings. The number of ether oxygens (including phenoxy) is 1. The predicted octanol–water partition coefficient (Wildman–Crippen LogP) is 4.39. The largest absolute Gasteiger partial charge is 0.465 e. The van der Waals surface area contributed by atoms with Gasteiger partial charge in [-0.15, -0.1) is 11.8 Å². The van der Waals surface area contributed by atoms with E-state index in [2.05, 4.69) is 10.1 Å². The van der Waals surface area contributed by atoms with Gasteiger partial charge in [-0.2, -0.15) is 0 Å². The smallest absolute Gasteiger partial charge is 0.337 e. The predicted molar refractivity (Wildman–Crippen MR) is 98.6 cm³/mol. The number of nitrogens with one attached hydrogen (secondary N) is 1. The van der Waals surface area contributed by atoms with Crippen LogP contribution < -0.4 is 5.32 Å². The van der Waals surface area contributed by atoms with Crippen LogP contribution in [-0.2, 0) is 15.3 Å². The Hall–Kier alpha value is -1.98. The monoisotopic (exact) mass is 363 g/mol. The maximum atomic E-state index is 12.3. The fourth-order valence-corrected chi connectivity index (χ4v) is 2.98. The summed E-state index contributed by atoms with van der Waals surface area (Å²) in [5, 5.41) is 2.88. The summed E-state index contributed by atoms with van der Waals surface area (Å²) in [6.45, 7) is 1.83. The normalized spacial score (nSPS) is 11.6. The van der Waals surface area contributed by atoms with Gasteiger partial charge in [0.15, 0.2) is 0 Å². The maximum Gasteiger partial charge on any atom is 0.337 e. The minimum Gasteiger partial charge on any atom is -0.465 e. The number of esters is 1. The average Bonchev–Trinajstić information content (AvgIpc) is 2.61. The minimum atomic E-state index is -0.478. The zero-order valence-corrected chi connectivity index (χ0v) is 15.0. The molecule has 2 aromatic rings. The van der Waals surface area contributed by atoms with Crippen LogP contribution in [0.1, 0.15) is 22.8 Å². The van der Waals surface area contributed by atoms with E-state index in [1.807, 2.05) is 37.3 Å². The van der Waals surface area contributed by atoms with Crippen LogP contribution in [0.25, 0.3) is 0 Å². The number of carbonyl (C=O) groups excluding carboxylic acids is 2. The summed E-state index contributed by atoms with van der Waals surface area (Å²) in [5.41, 5.74) is 1.89. The van der Waals surface area contributed by atoms with E-state index < -0.39 is 5.97 Å². The van der Waals surface area contributed by atoms with E-state index >= 15 is 0 Å². The quantitative estimate of drug-likeness (QED) is 0.773. The molecule has 1 amide bonds. The van der Waals surface area contributed by atoms with Crippen molar-refractivity contribution in [2.24, 2.45) is 0 Å². The first-order chi connectivity index (χ1) is 11.5. The second-order valence-electron chi connectivity index (χ2n) is 5.11. The summed E-state index contributed by atoms with van der Waals surface area (Å²) >= 11 is 7.62. The lowest BCUT2D eigenvalue weighted by atomic mass is 10.2. The fourth-order valence-electron chi connectivity index (χ4n) is 1.97. The molecular weight excluding hydrogens is 346 g/mol. The Kier molecular flexibility index (Phi) is 6.70. The molecule has 0 spiro atoms. The van der Waals surface area contributed by atoms with E-state index in [9.17, 15) is 9.59 Å². The van der Waals surface area contributed by atoms with Gasteiger partial charge >= 0.3 is 5.97 Å². The van der Waals surface area contributed by atoms with Gasteiger partial charge in [-0.05, 0) is 30.7 Å². The van der Waals surface area contributed by atoms with Crippen molar-refractivity contribution in [2.45, 2.75) is 17.9 Å². The first kappa shape index (κ1) is 18.4. The summed E-state index contributed by atoms with van der Waals surface area (Å²) in [6, 6.07) is 14.6. The number of hydrogen-bond donors (Lipinski definition) is 1. The van der Waals surface area contributed by atoms with Crippen LogP contribution >= 0.6 is 23.4 Å². The number of amides is 1. The van der Waals surface area contributed by atoms with E-state index in [1.54, 1.807) is 12.1 Å². The van der Waals surface area contributed by atoms with Gasteiger partial charge in [0.25, 0.3) is 0 Å². The SMILES string of the molecule is COC(=O)c1ccc(Cl)c(NC(=O)[C@@H](C)SCc2ccccc2)c1. The van der Waals surface area contributed by atoms with Crippen molar-refractivity contribution in [3.05, 3.63) is 64.7 Å². The molecule has 2 aromatic carbocycles. The molecular formula is C18H18ClNO3S. The lowest BCUT2D eigenvalue weighted by Gasteiger charge is -2.13. The highest BCUT2D eigenvalue weighted by Gasteiger charge is 2.16. The van der Waals surface area contributed by atoms with E-state index in [-0.39, 0.29) is 11.2 Å². The van der Waals surface area contributed by atoms with Crippen molar-refractivity contribution in [3.63, 3.8) is 0 Å². The molecule has 6 heteroatoms. The highest BCUT2D eigenvalue weighted by atomic mass is 35.5. The molecule has 0 aliphatic rings. The summed E-state index contributed by atoms with van der Waals surface area (Å²) in [7, 11) is 1.30. The Balaban J connectivity index is 1.99. The van der Waals surface area contributed by atoms with E-state index in [4.69, 9.17) is 11.6 Å². The van der Waals surface area contributed by atoms with Gasteiger partial charge in [-0.1, -0.05) is 41.9 Å². The number of carbonyl (C=O) groups is 2. The van der Waals surface area contributed by atoms with E-state index in [1.165, 1.54) is 24.9 Å². The zero-order chi connectivity index (χ0) is 17.5. The lowest BCUT2D eigenvalue weighted by molar-refractivity contribution is -0.115. The van der Waals surface area contributed by atoms with Gasteiger partial charge in [0, 0.05) is 5.75 Å². The summed E-state index contributed by atoms with van der Waals surface area (Å²) in [6.07, 6.45) is 0. The molecule has 126 valence electrons. The van der Waals surface area contributed by atoms with Crippen molar-refractivity contribution < 1.29 is 14.3 Å². The highest BCUT2D eigenvalue weighted by molar-refractivity contribution is 7.99. The third-order valence-corrected chi connectivity index (χ3v) is 4.90. The minimum absolute atomic E-state index is 0.167. The van der Waals surface area contributed by atoms with Crippen LogP contribution in [0, 0.1) is 0 Å². The van der Waals surface area contributed by atoms with Crippen LogP contribution in [0.3, 0.4) is 0 Å². The number of halogens is 1. The third kappa shape index (κ3) is 5.01. The Morgan fingerprint density at radius 1 is 1.21 bits per heavy atom. The van der Waals surface area contributed by atoms with Gasteiger partial charge in [0.05, 0.1) is 28.6 Å². The third-order valence-electron chi connectivity index (χ3n) is 3.36. The van der Waals surface area contributed by atoms with E-state index in [0.717, 1.165) is 11.3 Å². The number of thioether (sulfide) groups is 1.